The Kier molecular flexibility index (Phi) is 4.64. The zero-order valence-electron chi connectivity index (χ0n) is 18.1. The largest absolute Gasteiger partial charge is 0.488 e. The molecule has 0 bridgehead atoms. The van der Waals surface area contributed by atoms with Gasteiger partial charge in [0.05, 0.1) is 11.2 Å². The van der Waals surface area contributed by atoms with E-state index >= 15 is 0 Å². The average Bonchev–Trinajstić information content (AvgIpc) is 3.42. The van der Waals surface area contributed by atoms with Gasteiger partial charge in [0.25, 0.3) is 0 Å². The first-order valence-electron chi connectivity index (χ1n) is 11.2. The van der Waals surface area contributed by atoms with E-state index in [4.69, 9.17) is 4.74 Å². The molecule has 9 heteroatoms. The fraction of sp³-hybridized carbons (Fsp3) is 0.435. The van der Waals surface area contributed by atoms with Crippen molar-refractivity contribution in [1.29, 1.82) is 0 Å². The minimum Gasteiger partial charge on any atom is -0.488 e. The molecule has 0 unspecified atom stereocenters. The van der Waals surface area contributed by atoms with Crippen LogP contribution in [-0.2, 0) is 0 Å². The van der Waals surface area contributed by atoms with E-state index in [1.807, 2.05) is 24.4 Å². The summed E-state index contributed by atoms with van der Waals surface area (Å²) in [6, 6.07) is 8.12. The molecule has 1 saturated heterocycles. The second-order valence-corrected chi connectivity index (χ2v) is 8.93. The molecule has 2 aromatic heterocycles. The summed E-state index contributed by atoms with van der Waals surface area (Å²) < 4.78 is 6.15. The number of piperazine rings is 1. The molecule has 4 heterocycles. The second kappa shape index (κ2) is 7.67. The summed E-state index contributed by atoms with van der Waals surface area (Å²) in [6.45, 7) is 5.84. The summed E-state index contributed by atoms with van der Waals surface area (Å²) in [5.74, 6) is 1.80. The molecule has 1 N–H and O–H groups in total. The Balaban J connectivity index is 1.21. The van der Waals surface area contributed by atoms with Crippen LogP contribution in [0.4, 0.5) is 5.82 Å². The summed E-state index contributed by atoms with van der Waals surface area (Å²) >= 11 is 0. The number of aromatic nitrogens is 4. The molecule has 164 valence electrons. The Morgan fingerprint density at radius 2 is 1.97 bits per heavy atom. The van der Waals surface area contributed by atoms with Crippen molar-refractivity contribution in [3.05, 3.63) is 30.6 Å². The van der Waals surface area contributed by atoms with Crippen LogP contribution in [0, 0.1) is 0 Å². The summed E-state index contributed by atoms with van der Waals surface area (Å²) in [4.78, 5) is 22.4. The Bertz CT molecular complexity index is 1190. The summed E-state index contributed by atoms with van der Waals surface area (Å²) in [6.07, 6.45) is 8.53. The number of H-pyrrole nitrogens is 1. The van der Waals surface area contributed by atoms with Crippen molar-refractivity contribution >= 4 is 29.3 Å². The van der Waals surface area contributed by atoms with Crippen LogP contribution in [0.15, 0.2) is 40.6 Å². The highest BCUT2D eigenvalue weighted by Gasteiger charge is 2.40. The third-order valence-electron chi connectivity index (χ3n) is 6.53. The van der Waals surface area contributed by atoms with E-state index in [1.54, 1.807) is 12.7 Å². The molecule has 3 aliphatic rings. The molecule has 9 nitrogen and oxygen atoms in total. The number of hydrogen-bond donors (Lipinski definition) is 1. The van der Waals surface area contributed by atoms with Gasteiger partial charge in [-0.25, -0.2) is 15.0 Å². The predicted octanol–water partition coefficient (Wildman–Crippen LogP) is 2.90. The van der Waals surface area contributed by atoms with E-state index in [-0.39, 0.29) is 11.8 Å². The zero-order chi connectivity index (χ0) is 21.5. The average molecular weight is 431 g/mol. The van der Waals surface area contributed by atoms with E-state index < -0.39 is 0 Å². The smallest absolute Gasteiger partial charge is 0.132 e. The number of fused-ring (bicyclic) bond motifs is 1. The fourth-order valence-electron chi connectivity index (χ4n) is 4.33. The van der Waals surface area contributed by atoms with E-state index in [0.717, 1.165) is 79.3 Å². The molecular formula is C23H26N8O. The first kappa shape index (κ1) is 19.4. The topological polar surface area (TPSA) is 94.9 Å². The van der Waals surface area contributed by atoms with Crippen molar-refractivity contribution in [2.24, 2.45) is 9.98 Å². The van der Waals surface area contributed by atoms with Crippen LogP contribution >= 0.6 is 0 Å². The van der Waals surface area contributed by atoms with Crippen molar-refractivity contribution in [3.8, 4) is 17.1 Å². The Labute approximate surface area is 186 Å². The van der Waals surface area contributed by atoms with Gasteiger partial charge in [-0.15, -0.1) is 0 Å². The lowest BCUT2D eigenvalue weighted by atomic mass is 10.1. The van der Waals surface area contributed by atoms with Gasteiger partial charge in [-0.2, -0.15) is 5.10 Å². The maximum Gasteiger partial charge on any atom is 0.132 e. The summed E-state index contributed by atoms with van der Waals surface area (Å²) in [5.41, 5.74) is 2.59. The van der Waals surface area contributed by atoms with Crippen LogP contribution in [0.3, 0.4) is 0 Å². The first-order valence-corrected chi connectivity index (χ1v) is 11.2. The minimum absolute atomic E-state index is 0.0163. The Morgan fingerprint density at radius 1 is 1.09 bits per heavy atom. The van der Waals surface area contributed by atoms with Gasteiger partial charge in [0, 0.05) is 50.3 Å². The molecule has 1 atom stereocenters. The number of rotatable bonds is 5. The number of hydrogen-bond acceptors (Lipinski definition) is 8. The molecule has 2 aliphatic heterocycles. The van der Waals surface area contributed by atoms with Crippen LogP contribution in [-0.4, -0.2) is 75.6 Å². The van der Waals surface area contributed by atoms with Crippen molar-refractivity contribution in [1.82, 2.24) is 25.1 Å². The SMILES string of the molecule is CC1(Oc2ccc3[nH]nc(-c4cc(N5CCN([C@H]6CC=NC=N6)CC5)ncn4)c3c2)CC1. The molecule has 6 rings (SSSR count). The fourth-order valence-corrected chi connectivity index (χ4v) is 4.33. The zero-order valence-corrected chi connectivity index (χ0v) is 18.1. The minimum atomic E-state index is -0.0163. The molecule has 0 amide bonds. The molecule has 3 aromatic rings. The monoisotopic (exact) mass is 430 g/mol. The van der Waals surface area contributed by atoms with Crippen molar-refractivity contribution in [2.45, 2.75) is 38.0 Å². The van der Waals surface area contributed by atoms with Gasteiger partial charge in [0.2, 0.25) is 0 Å². The maximum absolute atomic E-state index is 6.15. The van der Waals surface area contributed by atoms with E-state index in [1.165, 1.54) is 0 Å². The van der Waals surface area contributed by atoms with Gasteiger partial charge in [-0.05, 0) is 38.0 Å². The molecule has 32 heavy (non-hydrogen) atoms. The van der Waals surface area contributed by atoms with E-state index in [9.17, 15) is 0 Å². The normalized spacial score (nSPS) is 22.4. The lowest BCUT2D eigenvalue weighted by Gasteiger charge is -2.38. The number of ether oxygens (including phenoxy) is 1. The van der Waals surface area contributed by atoms with Gasteiger partial charge >= 0.3 is 0 Å². The third-order valence-corrected chi connectivity index (χ3v) is 6.53. The summed E-state index contributed by atoms with van der Waals surface area (Å²) in [7, 11) is 0. The van der Waals surface area contributed by atoms with Crippen LogP contribution in [0.25, 0.3) is 22.3 Å². The molecule has 1 aromatic carbocycles. The predicted molar refractivity (Wildman–Crippen MR) is 125 cm³/mol. The molecule has 1 aliphatic carbocycles. The maximum atomic E-state index is 6.15. The van der Waals surface area contributed by atoms with Gasteiger partial charge in [0.1, 0.15) is 41.7 Å². The van der Waals surface area contributed by atoms with Crippen molar-refractivity contribution in [2.75, 3.05) is 31.1 Å². The van der Waals surface area contributed by atoms with Gasteiger partial charge in [-0.1, -0.05) is 0 Å². The molecule has 2 fully saturated rings. The number of aromatic amines is 1. The molecular weight excluding hydrogens is 404 g/mol. The van der Waals surface area contributed by atoms with Crippen LogP contribution in [0.5, 0.6) is 5.75 Å². The number of benzene rings is 1. The Hall–Kier alpha value is -3.33. The number of anilines is 1. The summed E-state index contributed by atoms with van der Waals surface area (Å²) in [5, 5.41) is 8.69. The van der Waals surface area contributed by atoms with Crippen molar-refractivity contribution in [3.63, 3.8) is 0 Å². The highest BCUT2D eigenvalue weighted by Crippen LogP contribution is 2.40. The van der Waals surface area contributed by atoms with Gasteiger partial charge in [-0.3, -0.25) is 15.0 Å². The van der Waals surface area contributed by atoms with Gasteiger partial charge in [0.15, 0.2) is 0 Å². The second-order valence-electron chi connectivity index (χ2n) is 8.93. The lowest BCUT2D eigenvalue weighted by Crippen LogP contribution is -2.50. The lowest BCUT2D eigenvalue weighted by molar-refractivity contribution is 0.194. The van der Waals surface area contributed by atoms with Crippen LogP contribution < -0.4 is 9.64 Å². The molecule has 1 saturated carbocycles. The van der Waals surface area contributed by atoms with E-state index in [2.05, 4.69) is 52.9 Å². The Morgan fingerprint density at radius 3 is 2.75 bits per heavy atom. The standard InChI is InChI=1S/C23H26N8O/c1-23(5-6-23)32-16-2-3-18-17(12-16)22(29-28-18)19-13-21(27-15-25-19)31-10-8-30(9-11-31)20-4-7-24-14-26-20/h2-3,7,12-15,20H,4-6,8-11H2,1H3,(H,28,29)/t20-/m0/s1. The van der Waals surface area contributed by atoms with Gasteiger partial charge < -0.3 is 9.64 Å². The quantitative estimate of drug-likeness (QED) is 0.669. The number of aliphatic imine (C=N–C) groups is 2. The first-order chi connectivity index (χ1) is 15.7. The highest BCUT2D eigenvalue weighted by atomic mass is 16.5. The van der Waals surface area contributed by atoms with Crippen molar-refractivity contribution < 1.29 is 4.74 Å². The van der Waals surface area contributed by atoms with Crippen LogP contribution in [0.2, 0.25) is 0 Å². The number of nitrogens with one attached hydrogen (secondary N) is 1. The highest BCUT2D eigenvalue weighted by molar-refractivity contribution is 5.93. The van der Waals surface area contributed by atoms with E-state index in [0.29, 0.717) is 0 Å². The third kappa shape index (κ3) is 3.73. The molecule has 0 spiro atoms. The van der Waals surface area contributed by atoms with Crippen LogP contribution in [0.1, 0.15) is 26.2 Å². The number of nitrogens with zero attached hydrogens (tertiary/aromatic N) is 7. The molecule has 0 radical (unpaired) electrons.